The van der Waals surface area contributed by atoms with E-state index in [9.17, 15) is 0 Å². The summed E-state index contributed by atoms with van der Waals surface area (Å²) < 4.78 is 0. The second-order valence-corrected chi connectivity index (χ2v) is 12.8. The fourth-order valence-electron chi connectivity index (χ4n) is 8.98. The Morgan fingerprint density at radius 1 is 1.18 bits per heavy atom. The van der Waals surface area contributed by atoms with Crippen LogP contribution in [0.5, 0.6) is 0 Å². The Morgan fingerprint density at radius 3 is 2.53 bits per heavy atom. The van der Waals surface area contributed by atoms with Gasteiger partial charge in [-0.05, 0) is 99.7 Å². The number of fused-ring (bicyclic) bond motifs is 3. The molecule has 216 valence electrons. The summed E-state index contributed by atoms with van der Waals surface area (Å²) in [6, 6.07) is 0.639. The second kappa shape index (κ2) is 14.7. The molecule has 4 nitrogen and oxygen atoms in total. The van der Waals surface area contributed by atoms with Crippen molar-refractivity contribution >= 4 is 5.71 Å². The van der Waals surface area contributed by atoms with Crippen LogP contribution in [0.2, 0.25) is 0 Å². The van der Waals surface area contributed by atoms with Crippen LogP contribution in [-0.2, 0) is 0 Å². The highest BCUT2D eigenvalue weighted by atomic mass is 15.2. The quantitative estimate of drug-likeness (QED) is 0.0937. The Labute approximate surface area is 235 Å². The lowest BCUT2D eigenvalue weighted by molar-refractivity contribution is -0.0408. The van der Waals surface area contributed by atoms with E-state index in [0.717, 1.165) is 37.3 Å². The van der Waals surface area contributed by atoms with Crippen LogP contribution in [0.25, 0.3) is 0 Å². The molecule has 1 aliphatic heterocycles. The van der Waals surface area contributed by atoms with Crippen LogP contribution < -0.4 is 16.6 Å². The minimum Gasteiger partial charge on any atom is -0.332 e. The fraction of sp³-hybridized carbons (Fsp3) is 0.735. The first-order chi connectivity index (χ1) is 17.7. The summed E-state index contributed by atoms with van der Waals surface area (Å²) in [7, 11) is 0. The summed E-state index contributed by atoms with van der Waals surface area (Å²) in [6.07, 6.45) is 20.3. The largest absolute Gasteiger partial charge is 0.332 e. The average molecular weight is 525 g/mol. The SMILES string of the molecule is C.C=C/C=C1/CCC2C(CCC3(C)C(C(C)=NCCCC4CC(=C)CN4)CCC23)C1(C)CCC.C=CNN. The van der Waals surface area contributed by atoms with Gasteiger partial charge in [0, 0.05) is 37.0 Å². The number of nitrogens with two attached hydrogens (primary N) is 1. The van der Waals surface area contributed by atoms with Crippen molar-refractivity contribution in [3.8, 4) is 0 Å². The smallest absolute Gasteiger partial charge is 0.0389 e. The third-order valence-electron chi connectivity index (χ3n) is 10.7. The Bertz CT molecular complexity index is 857. The summed E-state index contributed by atoms with van der Waals surface area (Å²) in [5.74, 6) is 8.02. The molecule has 0 aromatic carbocycles. The van der Waals surface area contributed by atoms with Crippen molar-refractivity contribution in [2.45, 2.75) is 112 Å². The van der Waals surface area contributed by atoms with Gasteiger partial charge >= 0.3 is 0 Å². The predicted molar refractivity (Wildman–Crippen MR) is 168 cm³/mol. The van der Waals surface area contributed by atoms with Gasteiger partial charge in [-0.3, -0.25) is 10.8 Å². The first-order valence-electron chi connectivity index (χ1n) is 15.0. The summed E-state index contributed by atoms with van der Waals surface area (Å²) >= 11 is 0. The molecule has 1 heterocycles. The number of aliphatic imine (C=N–C) groups is 1. The van der Waals surface area contributed by atoms with Gasteiger partial charge in [0.1, 0.15) is 0 Å². The summed E-state index contributed by atoms with van der Waals surface area (Å²) in [5.41, 5.74) is 7.56. The molecule has 4 N–H and O–H groups in total. The van der Waals surface area contributed by atoms with Gasteiger partial charge in [0.15, 0.2) is 0 Å². The van der Waals surface area contributed by atoms with Crippen LogP contribution in [0.15, 0.2) is 54.2 Å². The van der Waals surface area contributed by atoms with Crippen LogP contribution in [0.3, 0.4) is 0 Å². The zero-order valence-corrected chi connectivity index (χ0v) is 24.5. The molecular weight excluding hydrogens is 464 g/mol. The van der Waals surface area contributed by atoms with Gasteiger partial charge in [0.2, 0.25) is 0 Å². The molecule has 0 amide bonds. The van der Waals surface area contributed by atoms with Gasteiger partial charge in [-0.1, -0.05) is 77.7 Å². The molecule has 4 heteroatoms. The average Bonchev–Trinajstić information content (AvgIpc) is 3.46. The van der Waals surface area contributed by atoms with Crippen molar-refractivity contribution in [1.29, 1.82) is 0 Å². The number of hydrogen-bond acceptors (Lipinski definition) is 4. The first kappa shape index (κ1) is 32.6. The van der Waals surface area contributed by atoms with Crippen molar-refractivity contribution < 1.29 is 0 Å². The summed E-state index contributed by atoms with van der Waals surface area (Å²) in [5, 5.41) is 3.59. The number of nitrogens with zero attached hydrogens (tertiary/aromatic N) is 1. The highest BCUT2D eigenvalue weighted by molar-refractivity contribution is 5.85. The molecule has 1 saturated heterocycles. The van der Waals surface area contributed by atoms with Crippen molar-refractivity contribution in [2.24, 2.45) is 45.3 Å². The standard InChI is InChI=1S/C31H50N2.C2H6N2.CH4/c1-7-10-24-12-13-26-28-15-14-27(23(4)32-19-9-11-25-20-22(3)21-33-25)31(28,6)18-16-29(26)30(24,5)17-8-2;1-2-4-3;/h7,10,25-29,33H,1,3,8-9,11-21H2,2,4-6H3;2,4H,1,3H2;1H4/b24-10-,32-23?;;. The monoisotopic (exact) mass is 524 g/mol. The molecule has 38 heavy (non-hydrogen) atoms. The number of hydrazine groups is 1. The van der Waals surface area contributed by atoms with E-state index >= 15 is 0 Å². The zero-order valence-electron chi connectivity index (χ0n) is 24.5. The van der Waals surface area contributed by atoms with E-state index in [1.54, 1.807) is 5.57 Å². The molecule has 4 fully saturated rings. The molecule has 7 unspecified atom stereocenters. The third-order valence-corrected chi connectivity index (χ3v) is 10.7. The highest BCUT2D eigenvalue weighted by Gasteiger charge is 2.58. The maximum Gasteiger partial charge on any atom is 0.0389 e. The van der Waals surface area contributed by atoms with Gasteiger partial charge in [-0.2, -0.15) is 0 Å². The Balaban J connectivity index is 0.000000947. The number of hydrogen-bond donors (Lipinski definition) is 3. The molecule has 0 bridgehead atoms. The maximum atomic E-state index is 5.17. The summed E-state index contributed by atoms with van der Waals surface area (Å²) in [6.45, 7) is 23.4. The number of allylic oxidation sites excluding steroid dienone is 3. The molecule has 3 aliphatic carbocycles. The van der Waals surface area contributed by atoms with E-state index in [1.807, 2.05) is 6.08 Å². The number of nitrogens with one attached hydrogen (secondary N) is 2. The minimum absolute atomic E-state index is 0. The van der Waals surface area contributed by atoms with Crippen LogP contribution in [-0.4, -0.2) is 24.8 Å². The van der Waals surface area contributed by atoms with E-state index < -0.39 is 0 Å². The van der Waals surface area contributed by atoms with Crippen LogP contribution >= 0.6 is 0 Å². The van der Waals surface area contributed by atoms with Gasteiger partial charge in [-0.25, -0.2) is 0 Å². The molecule has 4 aliphatic rings. The third kappa shape index (κ3) is 6.91. The number of rotatable bonds is 9. The van der Waals surface area contributed by atoms with Crippen molar-refractivity contribution in [3.63, 3.8) is 0 Å². The van der Waals surface area contributed by atoms with Crippen LogP contribution in [0.1, 0.15) is 106 Å². The van der Waals surface area contributed by atoms with Gasteiger partial charge in [-0.15, -0.1) is 0 Å². The lowest BCUT2D eigenvalue weighted by Crippen LogP contribution is -2.50. The molecule has 0 aromatic rings. The van der Waals surface area contributed by atoms with Gasteiger partial charge in [0.25, 0.3) is 0 Å². The molecular formula is C34H60N4. The van der Waals surface area contributed by atoms with Gasteiger partial charge < -0.3 is 10.7 Å². The van der Waals surface area contributed by atoms with E-state index in [0.29, 0.717) is 22.8 Å². The lowest BCUT2D eigenvalue weighted by atomic mass is 9.47. The lowest BCUT2D eigenvalue weighted by Gasteiger charge is -2.57. The second-order valence-electron chi connectivity index (χ2n) is 12.8. The maximum absolute atomic E-state index is 5.17. The van der Waals surface area contributed by atoms with Crippen molar-refractivity contribution in [2.75, 3.05) is 13.1 Å². The first-order valence-corrected chi connectivity index (χ1v) is 15.0. The zero-order chi connectivity index (χ0) is 27.1. The van der Waals surface area contributed by atoms with Crippen LogP contribution in [0, 0.1) is 34.5 Å². The predicted octanol–water partition coefficient (Wildman–Crippen LogP) is 8.15. The van der Waals surface area contributed by atoms with Crippen molar-refractivity contribution in [3.05, 3.63) is 49.2 Å². The molecule has 0 aromatic heterocycles. The normalized spacial score (nSPS) is 37.4. The summed E-state index contributed by atoms with van der Waals surface area (Å²) in [4.78, 5) is 5.17. The molecule has 7 atom stereocenters. The Morgan fingerprint density at radius 2 is 1.92 bits per heavy atom. The topological polar surface area (TPSA) is 62.4 Å². The van der Waals surface area contributed by atoms with Gasteiger partial charge in [0.05, 0.1) is 0 Å². The van der Waals surface area contributed by atoms with Crippen molar-refractivity contribution in [1.82, 2.24) is 10.7 Å². The van der Waals surface area contributed by atoms with E-state index in [2.05, 4.69) is 70.1 Å². The molecule has 3 saturated carbocycles. The Hall–Kier alpha value is -1.65. The molecule has 0 radical (unpaired) electrons. The highest BCUT2D eigenvalue weighted by Crippen LogP contribution is 2.66. The minimum atomic E-state index is 0. The molecule has 4 rings (SSSR count). The van der Waals surface area contributed by atoms with Crippen LogP contribution in [0.4, 0.5) is 0 Å². The van der Waals surface area contributed by atoms with E-state index in [-0.39, 0.29) is 7.43 Å². The van der Waals surface area contributed by atoms with E-state index in [4.69, 9.17) is 4.99 Å². The fourth-order valence-corrected chi connectivity index (χ4v) is 8.98. The molecule has 0 spiro atoms. The Kier molecular flexibility index (Phi) is 12.6. The van der Waals surface area contributed by atoms with E-state index in [1.165, 1.54) is 81.7 Å².